The number of nitrogen functional groups attached to an aromatic ring is 2. The minimum absolute atomic E-state index is 0. The molecule has 2 nitrogen and oxygen atoms in total. The number of aryl methyl sites for hydroxylation is 2. The van der Waals surface area contributed by atoms with Gasteiger partial charge in [-0.2, -0.15) is 0 Å². The van der Waals surface area contributed by atoms with E-state index >= 15 is 0 Å². The lowest BCUT2D eigenvalue weighted by Crippen LogP contribution is -1.96. The molecule has 1 rings (SSSR count). The van der Waals surface area contributed by atoms with E-state index in [2.05, 4.69) is 0 Å². The molecule has 1 aromatic rings. The Morgan fingerprint density at radius 1 is 0.909 bits per heavy atom. The summed E-state index contributed by atoms with van der Waals surface area (Å²) in [6, 6.07) is 3.79. The van der Waals surface area contributed by atoms with E-state index in [0.717, 1.165) is 0 Å². The molecule has 0 aliphatic carbocycles. The van der Waals surface area contributed by atoms with E-state index in [-0.39, 0.29) is 8.41 Å². The standard InChI is InChI=1S/C8H12N2.B/c1-5-3-7(9)8(10)4-6(5)2;/h3-4H,9-10H2,1-2H3;. The van der Waals surface area contributed by atoms with Gasteiger partial charge in [-0.05, 0) is 37.1 Å². The van der Waals surface area contributed by atoms with Crippen LogP contribution in [-0.4, -0.2) is 8.41 Å². The van der Waals surface area contributed by atoms with Crippen LogP contribution in [0.5, 0.6) is 0 Å². The molecule has 4 N–H and O–H groups in total. The van der Waals surface area contributed by atoms with Crippen LogP contribution >= 0.6 is 0 Å². The van der Waals surface area contributed by atoms with E-state index in [9.17, 15) is 0 Å². The molecule has 3 radical (unpaired) electrons. The fraction of sp³-hybridized carbons (Fsp3) is 0.250. The van der Waals surface area contributed by atoms with Crippen LogP contribution in [0.4, 0.5) is 11.4 Å². The largest absolute Gasteiger partial charge is 0.397 e. The highest BCUT2D eigenvalue weighted by Gasteiger charge is 1.96. The molecule has 1 aromatic carbocycles. The SMILES string of the molecule is Cc1cc(N)c(N)cc1C.[B]. The lowest BCUT2D eigenvalue weighted by atomic mass is 10.1. The Labute approximate surface area is 69.2 Å². The zero-order valence-electron chi connectivity index (χ0n) is 6.89. The summed E-state index contributed by atoms with van der Waals surface area (Å²) in [5, 5.41) is 0. The third-order valence-electron chi connectivity index (χ3n) is 1.70. The molecule has 0 fully saturated rings. The van der Waals surface area contributed by atoms with E-state index in [0.29, 0.717) is 11.4 Å². The number of hydrogen-bond donors (Lipinski definition) is 2. The average Bonchev–Trinajstić information content (AvgIpc) is 1.84. The Morgan fingerprint density at radius 3 is 1.45 bits per heavy atom. The monoisotopic (exact) mass is 147 g/mol. The summed E-state index contributed by atoms with van der Waals surface area (Å²) in [6.07, 6.45) is 0. The van der Waals surface area contributed by atoms with Crippen molar-refractivity contribution < 1.29 is 0 Å². The van der Waals surface area contributed by atoms with E-state index < -0.39 is 0 Å². The molecule has 0 saturated heterocycles. The van der Waals surface area contributed by atoms with Crippen molar-refractivity contribution in [3.63, 3.8) is 0 Å². The number of hydrogen-bond acceptors (Lipinski definition) is 2. The summed E-state index contributed by atoms with van der Waals surface area (Å²) in [5.74, 6) is 0. The van der Waals surface area contributed by atoms with Crippen LogP contribution in [0.15, 0.2) is 12.1 Å². The highest BCUT2D eigenvalue weighted by Crippen LogP contribution is 2.18. The number of nitrogens with two attached hydrogens (primary N) is 2. The van der Waals surface area contributed by atoms with Gasteiger partial charge in [0.05, 0.1) is 11.4 Å². The normalized spacial score (nSPS) is 8.91. The van der Waals surface area contributed by atoms with Crippen LogP contribution in [0.2, 0.25) is 0 Å². The van der Waals surface area contributed by atoms with Crippen LogP contribution in [-0.2, 0) is 0 Å². The van der Waals surface area contributed by atoms with Crippen molar-refractivity contribution in [2.45, 2.75) is 13.8 Å². The Hall–Kier alpha value is -1.12. The maximum Gasteiger partial charge on any atom is 0.0550 e. The van der Waals surface area contributed by atoms with E-state index in [4.69, 9.17) is 11.5 Å². The average molecular weight is 147 g/mol. The van der Waals surface area contributed by atoms with Crippen LogP contribution in [0.3, 0.4) is 0 Å². The van der Waals surface area contributed by atoms with Crippen LogP contribution in [0.25, 0.3) is 0 Å². The van der Waals surface area contributed by atoms with Gasteiger partial charge in [0, 0.05) is 8.41 Å². The molecule has 0 heterocycles. The quantitative estimate of drug-likeness (QED) is 0.426. The predicted molar refractivity (Wildman–Crippen MR) is 50.5 cm³/mol. The maximum atomic E-state index is 5.56. The zero-order chi connectivity index (χ0) is 7.72. The van der Waals surface area contributed by atoms with Crippen LogP contribution in [0, 0.1) is 13.8 Å². The van der Waals surface area contributed by atoms with Crippen molar-refractivity contribution in [2.24, 2.45) is 0 Å². The van der Waals surface area contributed by atoms with Gasteiger partial charge in [0.1, 0.15) is 0 Å². The van der Waals surface area contributed by atoms with Crippen LogP contribution in [0.1, 0.15) is 11.1 Å². The molecule has 0 aliphatic rings. The Bertz CT molecular complexity index is 208. The highest BCUT2D eigenvalue weighted by atomic mass is 14.7. The van der Waals surface area contributed by atoms with Gasteiger partial charge in [-0.15, -0.1) is 0 Å². The predicted octanol–water partition coefficient (Wildman–Crippen LogP) is 1.09. The molecule has 0 atom stereocenters. The van der Waals surface area contributed by atoms with Crippen LogP contribution < -0.4 is 11.5 Å². The minimum atomic E-state index is 0. The zero-order valence-corrected chi connectivity index (χ0v) is 6.89. The van der Waals surface area contributed by atoms with Gasteiger partial charge >= 0.3 is 0 Å². The lowest BCUT2D eigenvalue weighted by molar-refractivity contribution is 1.35. The number of anilines is 2. The van der Waals surface area contributed by atoms with Gasteiger partial charge in [-0.25, -0.2) is 0 Å². The molecule has 0 saturated carbocycles. The lowest BCUT2D eigenvalue weighted by Gasteiger charge is -2.03. The highest BCUT2D eigenvalue weighted by molar-refractivity contribution is 5.75. The molecular formula is C8H12BN2. The summed E-state index contributed by atoms with van der Waals surface area (Å²) in [7, 11) is 0. The Kier molecular flexibility index (Phi) is 2.99. The molecule has 0 aromatic heterocycles. The topological polar surface area (TPSA) is 52.0 Å². The van der Waals surface area contributed by atoms with E-state index in [1.54, 1.807) is 0 Å². The first kappa shape index (κ1) is 9.88. The molecule has 0 amide bonds. The molecule has 0 unspecified atom stereocenters. The number of rotatable bonds is 0. The Morgan fingerprint density at radius 2 is 1.18 bits per heavy atom. The van der Waals surface area contributed by atoms with Crippen molar-refractivity contribution in [1.29, 1.82) is 0 Å². The summed E-state index contributed by atoms with van der Waals surface area (Å²) >= 11 is 0. The fourth-order valence-corrected chi connectivity index (χ4v) is 0.861. The van der Waals surface area contributed by atoms with Gasteiger partial charge in [0.25, 0.3) is 0 Å². The summed E-state index contributed by atoms with van der Waals surface area (Å²) in [5.41, 5.74) is 14.8. The van der Waals surface area contributed by atoms with Gasteiger partial charge in [-0.1, -0.05) is 0 Å². The number of benzene rings is 1. The van der Waals surface area contributed by atoms with Crippen molar-refractivity contribution in [1.82, 2.24) is 0 Å². The first-order valence-electron chi connectivity index (χ1n) is 3.23. The molecule has 0 aliphatic heterocycles. The molecule has 3 heteroatoms. The maximum absolute atomic E-state index is 5.56. The molecular weight excluding hydrogens is 135 g/mol. The summed E-state index contributed by atoms with van der Waals surface area (Å²) in [6.45, 7) is 4.04. The van der Waals surface area contributed by atoms with Crippen molar-refractivity contribution in [2.75, 3.05) is 11.5 Å². The van der Waals surface area contributed by atoms with E-state index in [1.807, 2.05) is 26.0 Å². The molecule has 0 bridgehead atoms. The fourth-order valence-electron chi connectivity index (χ4n) is 0.861. The van der Waals surface area contributed by atoms with Gasteiger partial charge < -0.3 is 11.5 Å². The molecule has 11 heavy (non-hydrogen) atoms. The first-order chi connectivity index (χ1) is 4.61. The second-order valence-corrected chi connectivity index (χ2v) is 2.57. The van der Waals surface area contributed by atoms with Crippen molar-refractivity contribution >= 4 is 19.8 Å². The summed E-state index contributed by atoms with van der Waals surface area (Å²) in [4.78, 5) is 0. The van der Waals surface area contributed by atoms with Gasteiger partial charge in [0.15, 0.2) is 0 Å². The third-order valence-corrected chi connectivity index (χ3v) is 1.70. The third kappa shape index (κ3) is 1.90. The summed E-state index contributed by atoms with van der Waals surface area (Å²) < 4.78 is 0. The second-order valence-electron chi connectivity index (χ2n) is 2.57. The molecule has 57 valence electrons. The second kappa shape index (κ2) is 3.33. The van der Waals surface area contributed by atoms with E-state index in [1.165, 1.54) is 11.1 Å². The van der Waals surface area contributed by atoms with Gasteiger partial charge in [-0.3, -0.25) is 0 Å². The first-order valence-corrected chi connectivity index (χ1v) is 3.23. The minimum Gasteiger partial charge on any atom is -0.397 e. The van der Waals surface area contributed by atoms with Gasteiger partial charge in [0.2, 0.25) is 0 Å². The molecule has 0 spiro atoms. The Balaban J connectivity index is 0.000001000. The smallest absolute Gasteiger partial charge is 0.0550 e. The van der Waals surface area contributed by atoms with Crippen molar-refractivity contribution in [3.8, 4) is 0 Å². The van der Waals surface area contributed by atoms with Crippen molar-refractivity contribution in [3.05, 3.63) is 23.3 Å².